The van der Waals surface area contributed by atoms with Crippen LogP contribution in [0.15, 0.2) is 205 Å². The molecule has 0 saturated carbocycles. The predicted octanol–water partition coefficient (Wildman–Crippen LogP) is 15.5. The maximum Gasteiger partial charge on any atom is 0.143 e. The lowest BCUT2D eigenvalue weighted by atomic mass is 9.82. The second kappa shape index (κ2) is 13.0. The fraction of sp³-hybridized carbons (Fsp3) is 0.0545. The molecule has 1 heterocycles. The van der Waals surface area contributed by atoms with E-state index >= 15 is 0 Å². The van der Waals surface area contributed by atoms with E-state index in [0.29, 0.717) is 0 Å². The molecule has 57 heavy (non-hydrogen) atoms. The Kier molecular flexibility index (Phi) is 7.55. The molecule has 0 bridgehead atoms. The van der Waals surface area contributed by atoms with E-state index < -0.39 is 0 Å². The van der Waals surface area contributed by atoms with Crippen LogP contribution in [0.3, 0.4) is 0 Å². The van der Waals surface area contributed by atoms with Crippen molar-refractivity contribution >= 4 is 49.8 Å². The van der Waals surface area contributed by atoms with Gasteiger partial charge < -0.3 is 9.32 Å². The second-order valence-electron chi connectivity index (χ2n) is 15.7. The molecule has 0 N–H and O–H groups in total. The molecule has 1 aromatic heterocycles. The Hall–Kier alpha value is -7.16. The van der Waals surface area contributed by atoms with Gasteiger partial charge in [0.15, 0.2) is 0 Å². The first-order valence-corrected chi connectivity index (χ1v) is 19.8. The zero-order valence-electron chi connectivity index (χ0n) is 31.9. The van der Waals surface area contributed by atoms with Crippen molar-refractivity contribution in [2.24, 2.45) is 0 Å². The molecule has 270 valence electrons. The van der Waals surface area contributed by atoms with Crippen LogP contribution < -0.4 is 4.90 Å². The van der Waals surface area contributed by atoms with Crippen LogP contribution in [0.25, 0.3) is 77.2 Å². The van der Waals surface area contributed by atoms with E-state index in [0.717, 1.165) is 50.1 Å². The van der Waals surface area contributed by atoms with Gasteiger partial charge in [0.1, 0.15) is 11.2 Å². The Bertz CT molecular complexity index is 3120. The fourth-order valence-electron chi connectivity index (χ4n) is 9.16. The number of benzene rings is 9. The minimum absolute atomic E-state index is 0.123. The summed E-state index contributed by atoms with van der Waals surface area (Å²) in [5.74, 6) is 0. The van der Waals surface area contributed by atoms with Crippen molar-refractivity contribution in [3.05, 3.63) is 211 Å². The lowest BCUT2D eigenvalue weighted by Gasteiger charge is -2.28. The van der Waals surface area contributed by atoms with Gasteiger partial charge in [-0.1, -0.05) is 166 Å². The number of fused-ring (bicyclic) bond motifs is 7. The third-order valence-corrected chi connectivity index (χ3v) is 12.1. The van der Waals surface area contributed by atoms with Crippen LogP contribution in [0.5, 0.6) is 0 Å². The Labute approximate surface area is 332 Å². The molecule has 0 aliphatic heterocycles. The Morgan fingerprint density at radius 1 is 0.386 bits per heavy atom. The molecule has 0 unspecified atom stereocenters. The summed E-state index contributed by atoms with van der Waals surface area (Å²) in [4.78, 5) is 2.38. The first-order chi connectivity index (χ1) is 28.0. The van der Waals surface area contributed by atoms with Crippen LogP contribution in [0, 0.1) is 0 Å². The van der Waals surface area contributed by atoms with Gasteiger partial charge in [-0.25, -0.2) is 0 Å². The van der Waals surface area contributed by atoms with E-state index in [-0.39, 0.29) is 5.41 Å². The van der Waals surface area contributed by atoms with Gasteiger partial charge in [-0.15, -0.1) is 0 Å². The number of hydrogen-bond donors (Lipinski definition) is 0. The quantitative estimate of drug-likeness (QED) is 0.169. The Morgan fingerprint density at radius 3 is 1.67 bits per heavy atom. The Balaban J connectivity index is 1.06. The van der Waals surface area contributed by atoms with Gasteiger partial charge >= 0.3 is 0 Å². The first-order valence-electron chi connectivity index (χ1n) is 19.8. The number of anilines is 3. The van der Waals surface area contributed by atoms with Crippen LogP contribution in [-0.4, -0.2) is 0 Å². The molecule has 2 heteroatoms. The molecule has 0 fully saturated rings. The van der Waals surface area contributed by atoms with E-state index in [2.05, 4.69) is 219 Å². The maximum absolute atomic E-state index is 6.95. The molecule has 9 aromatic carbocycles. The summed E-state index contributed by atoms with van der Waals surface area (Å²) in [7, 11) is 0. The van der Waals surface area contributed by atoms with Crippen LogP contribution in [0.4, 0.5) is 17.1 Å². The molecule has 0 saturated heterocycles. The highest BCUT2D eigenvalue weighted by atomic mass is 16.3. The van der Waals surface area contributed by atoms with Crippen molar-refractivity contribution in [3.8, 4) is 44.5 Å². The normalized spacial score (nSPS) is 12.9. The summed E-state index contributed by atoms with van der Waals surface area (Å²) in [5, 5.41) is 4.62. The largest absolute Gasteiger partial charge is 0.455 e. The maximum atomic E-state index is 6.95. The molecule has 1 aliphatic carbocycles. The highest BCUT2D eigenvalue weighted by Crippen LogP contribution is 2.51. The molecule has 2 nitrogen and oxygen atoms in total. The summed E-state index contributed by atoms with van der Waals surface area (Å²) in [6, 6.07) is 72.5. The van der Waals surface area contributed by atoms with Crippen LogP contribution in [-0.2, 0) is 5.41 Å². The number of hydrogen-bond acceptors (Lipinski definition) is 2. The molecular weight excluding hydrogens is 691 g/mol. The van der Waals surface area contributed by atoms with Crippen molar-refractivity contribution in [1.29, 1.82) is 0 Å². The third kappa shape index (κ3) is 5.40. The van der Waals surface area contributed by atoms with Crippen LogP contribution in [0.1, 0.15) is 25.0 Å². The average molecular weight is 730 g/mol. The second-order valence-corrected chi connectivity index (χ2v) is 15.7. The van der Waals surface area contributed by atoms with Crippen molar-refractivity contribution in [1.82, 2.24) is 0 Å². The molecule has 0 spiro atoms. The lowest BCUT2D eigenvalue weighted by Crippen LogP contribution is -2.16. The highest BCUT2D eigenvalue weighted by molar-refractivity contribution is 6.18. The minimum Gasteiger partial charge on any atom is -0.455 e. The molecule has 11 rings (SSSR count). The minimum atomic E-state index is -0.123. The number of nitrogens with zero attached hydrogens (tertiary/aromatic N) is 1. The number of rotatable bonds is 6. The fourth-order valence-corrected chi connectivity index (χ4v) is 9.16. The first kappa shape index (κ1) is 33.2. The Morgan fingerprint density at radius 2 is 0.930 bits per heavy atom. The van der Waals surface area contributed by atoms with Gasteiger partial charge in [-0.2, -0.15) is 0 Å². The molecule has 10 aromatic rings. The summed E-state index contributed by atoms with van der Waals surface area (Å²) < 4.78 is 6.95. The van der Waals surface area contributed by atoms with Gasteiger partial charge in [0.25, 0.3) is 0 Å². The third-order valence-electron chi connectivity index (χ3n) is 12.1. The van der Waals surface area contributed by atoms with Crippen molar-refractivity contribution in [2.45, 2.75) is 19.3 Å². The summed E-state index contributed by atoms with van der Waals surface area (Å²) in [5.41, 5.74) is 17.3. The summed E-state index contributed by atoms with van der Waals surface area (Å²) in [6.45, 7) is 4.69. The van der Waals surface area contributed by atoms with Gasteiger partial charge in [-0.3, -0.25) is 0 Å². The van der Waals surface area contributed by atoms with Gasteiger partial charge in [0, 0.05) is 44.9 Å². The van der Waals surface area contributed by atoms with Crippen molar-refractivity contribution < 1.29 is 4.42 Å². The smallest absolute Gasteiger partial charge is 0.143 e. The summed E-state index contributed by atoms with van der Waals surface area (Å²) in [6.07, 6.45) is 0. The van der Waals surface area contributed by atoms with Gasteiger partial charge in [-0.05, 0) is 103 Å². The number of furan rings is 1. The van der Waals surface area contributed by atoms with Gasteiger partial charge in [0.05, 0.1) is 0 Å². The molecule has 0 radical (unpaired) electrons. The zero-order chi connectivity index (χ0) is 38.1. The van der Waals surface area contributed by atoms with E-state index in [1.165, 1.54) is 55.3 Å². The lowest BCUT2D eigenvalue weighted by molar-refractivity contribution is 0.660. The van der Waals surface area contributed by atoms with Crippen molar-refractivity contribution in [2.75, 3.05) is 4.90 Å². The predicted molar refractivity (Wildman–Crippen MR) is 240 cm³/mol. The molecule has 1 aliphatic rings. The SMILES string of the molecule is CC1(C)c2ccccc2-c2ccc(N(c3ccc(-c4ccc(-c5ccccc5)cc4)cc3)c3ccc4c(c3)oc3c(-c5ccccc5)c5ccccc5cc34)cc21. The monoisotopic (exact) mass is 729 g/mol. The van der Waals surface area contributed by atoms with E-state index in [9.17, 15) is 0 Å². The van der Waals surface area contributed by atoms with E-state index in [1.807, 2.05) is 0 Å². The molecular formula is C55H39NO. The topological polar surface area (TPSA) is 16.4 Å². The highest BCUT2D eigenvalue weighted by Gasteiger charge is 2.35. The van der Waals surface area contributed by atoms with Crippen LogP contribution in [0.2, 0.25) is 0 Å². The molecule has 0 atom stereocenters. The van der Waals surface area contributed by atoms with Crippen LogP contribution >= 0.6 is 0 Å². The summed E-state index contributed by atoms with van der Waals surface area (Å²) >= 11 is 0. The van der Waals surface area contributed by atoms with Crippen molar-refractivity contribution in [3.63, 3.8) is 0 Å². The standard InChI is InChI=1S/C55H39NO/c1-55(2)50-20-12-11-19-46(50)47-31-29-43(34-51(47)55)56(42-27-25-39(26-28-42)38-23-21-37(22-24-38)36-13-5-3-6-14-36)44-30-32-48-49-33-41-17-9-10-18-45(41)53(40-15-7-4-8-16-40)54(49)57-52(48)35-44/h3-35H,1-2H3. The van der Waals surface area contributed by atoms with Gasteiger partial charge in [0.2, 0.25) is 0 Å². The van der Waals surface area contributed by atoms with E-state index in [1.54, 1.807) is 0 Å². The van der Waals surface area contributed by atoms with E-state index in [4.69, 9.17) is 4.42 Å². The zero-order valence-corrected chi connectivity index (χ0v) is 31.9. The average Bonchev–Trinajstić information content (AvgIpc) is 3.74. The molecule has 0 amide bonds.